The lowest BCUT2D eigenvalue weighted by atomic mass is 10.2. The van der Waals surface area contributed by atoms with Crippen LogP contribution in [0.3, 0.4) is 0 Å². The van der Waals surface area contributed by atoms with Crippen LogP contribution in [0.5, 0.6) is 0 Å². The average Bonchev–Trinajstić information content (AvgIpc) is 3.01. The average molecular weight is 290 g/mol. The molecule has 1 N–H and O–H groups in total. The molecule has 0 spiro atoms. The van der Waals surface area contributed by atoms with Gasteiger partial charge in [-0.1, -0.05) is 30.3 Å². The molecule has 0 bridgehead atoms. The number of hydrogen-bond donors (Lipinski definition) is 1. The van der Waals surface area contributed by atoms with E-state index in [2.05, 4.69) is 22.6 Å². The summed E-state index contributed by atoms with van der Waals surface area (Å²) in [6, 6.07) is 9.75. The number of nitrogens with zero attached hydrogens (tertiary/aromatic N) is 3. The molecule has 0 aliphatic carbocycles. The summed E-state index contributed by atoms with van der Waals surface area (Å²) < 4.78 is 12.6. The van der Waals surface area contributed by atoms with E-state index < -0.39 is 6.29 Å². The van der Waals surface area contributed by atoms with Crippen molar-refractivity contribution in [1.29, 1.82) is 0 Å². The number of methoxy groups -OCH3 is 2. The van der Waals surface area contributed by atoms with Gasteiger partial charge in [-0.2, -0.15) is 0 Å². The first-order valence-electron chi connectivity index (χ1n) is 7.06. The molecule has 2 rings (SSSR count). The van der Waals surface area contributed by atoms with Crippen molar-refractivity contribution in [2.75, 3.05) is 20.8 Å². The van der Waals surface area contributed by atoms with Gasteiger partial charge in [0.15, 0.2) is 6.29 Å². The van der Waals surface area contributed by atoms with Crippen molar-refractivity contribution in [3.63, 3.8) is 0 Å². The number of benzene rings is 1. The number of aromatic nitrogens is 3. The van der Waals surface area contributed by atoms with E-state index in [4.69, 9.17) is 9.47 Å². The first-order valence-corrected chi connectivity index (χ1v) is 7.06. The molecule has 1 unspecified atom stereocenters. The van der Waals surface area contributed by atoms with Crippen molar-refractivity contribution in [1.82, 2.24) is 20.3 Å². The molecule has 114 valence electrons. The first kappa shape index (κ1) is 15.6. The van der Waals surface area contributed by atoms with Crippen LogP contribution in [0.25, 0.3) is 5.69 Å². The molecule has 1 heterocycles. The summed E-state index contributed by atoms with van der Waals surface area (Å²) in [5, 5.41) is 11.7. The third-order valence-corrected chi connectivity index (χ3v) is 3.25. The maximum atomic E-state index is 5.42. The standard InChI is InChI=1S/C15H22N4O2/c1-4-10-16-14(15(20-2)21-3)13-11-17-18-19(13)12-8-6-5-7-9-12/h5-9,11,14-16H,4,10H2,1-3H3. The Labute approximate surface area is 125 Å². The van der Waals surface area contributed by atoms with Gasteiger partial charge < -0.3 is 14.8 Å². The SMILES string of the molecule is CCCNC(c1cnnn1-c1ccccc1)C(OC)OC. The third-order valence-electron chi connectivity index (χ3n) is 3.25. The van der Waals surface area contributed by atoms with Gasteiger partial charge in [0.25, 0.3) is 0 Å². The second-order valence-electron chi connectivity index (χ2n) is 4.68. The minimum Gasteiger partial charge on any atom is -0.354 e. The van der Waals surface area contributed by atoms with Gasteiger partial charge in [0.05, 0.1) is 17.6 Å². The quantitative estimate of drug-likeness (QED) is 0.753. The second-order valence-corrected chi connectivity index (χ2v) is 4.68. The minimum atomic E-state index is -0.405. The molecule has 0 saturated carbocycles. The monoisotopic (exact) mass is 290 g/mol. The highest BCUT2D eigenvalue weighted by atomic mass is 16.7. The predicted molar refractivity (Wildman–Crippen MR) is 80.2 cm³/mol. The highest BCUT2D eigenvalue weighted by molar-refractivity contribution is 5.32. The Morgan fingerprint density at radius 2 is 1.90 bits per heavy atom. The van der Waals surface area contributed by atoms with Gasteiger partial charge in [-0.15, -0.1) is 5.10 Å². The van der Waals surface area contributed by atoms with Crippen molar-refractivity contribution in [3.8, 4) is 5.69 Å². The van der Waals surface area contributed by atoms with E-state index in [9.17, 15) is 0 Å². The van der Waals surface area contributed by atoms with E-state index in [-0.39, 0.29) is 6.04 Å². The van der Waals surface area contributed by atoms with Crippen LogP contribution in [-0.4, -0.2) is 42.0 Å². The van der Waals surface area contributed by atoms with Crippen LogP contribution in [0, 0.1) is 0 Å². The Hall–Kier alpha value is -1.76. The zero-order chi connectivity index (χ0) is 15.1. The molecular formula is C15H22N4O2. The predicted octanol–water partition coefficient (Wildman–Crippen LogP) is 1.93. The molecule has 0 aliphatic heterocycles. The van der Waals surface area contributed by atoms with E-state index in [1.807, 2.05) is 30.3 Å². The highest BCUT2D eigenvalue weighted by Crippen LogP contribution is 2.21. The van der Waals surface area contributed by atoms with Gasteiger partial charge in [0, 0.05) is 14.2 Å². The number of para-hydroxylation sites is 1. The maximum absolute atomic E-state index is 5.42. The van der Waals surface area contributed by atoms with Crippen LogP contribution in [0.1, 0.15) is 25.1 Å². The van der Waals surface area contributed by atoms with Crippen LogP contribution in [-0.2, 0) is 9.47 Å². The number of nitrogens with one attached hydrogen (secondary N) is 1. The molecule has 1 aromatic heterocycles. The van der Waals surface area contributed by atoms with Crippen LogP contribution in [0.4, 0.5) is 0 Å². The fourth-order valence-electron chi connectivity index (χ4n) is 2.23. The molecule has 0 aliphatic rings. The fraction of sp³-hybridized carbons (Fsp3) is 0.467. The topological polar surface area (TPSA) is 61.2 Å². The summed E-state index contributed by atoms with van der Waals surface area (Å²) in [6.07, 6.45) is 2.35. The number of ether oxygens (including phenoxy) is 2. The van der Waals surface area contributed by atoms with E-state index >= 15 is 0 Å². The summed E-state index contributed by atoms with van der Waals surface area (Å²) in [5.74, 6) is 0. The lowest BCUT2D eigenvalue weighted by Crippen LogP contribution is -2.36. The zero-order valence-corrected chi connectivity index (χ0v) is 12.7. The van der Waals surface area contributed by atoms with Gasteiger partial charge >= 0.3 is 0 Å². The summed E-state index contributed by atoms with van der Waals surface area (Å²) in [6.45, 7) is 2.97. The zero-order valence-electron chi connectivity index (χ0n) is 12.7. The van der Waals surface area contributed by atoms with Crippen molar-refractivity contribution >= 4 is 0 Å². The molecule has 0 amide bonds. The molecule has 2 aromatic rings. The molecule has 0 fully saturated rings. The molecule has 1 aromatic carbocycles. The molecule has 0 saturated heterocycles. The van der Waals surface area contributed by atoms with E-state index in [0.29, 0.717) is 0 Å². The van der Waals surface area contributed by atoms with Crippen molar-refractivity contribution in [2.45, 2.75) is 25.7 Å². The molecule has 6 nitrogen and oxygen atoms in total. The van der Waals surface area contributed by atoms with Crippen LogP contribution >= 0.6 is 0 Å². The molecule has 6 heteroatoms. The molecule has 21 heavy (non-hydrogen) atoms. The summed E-state index contributed by atoms with van der Waals surface area (Å²) in [5.41, 5.74) is 1.86. The largest absolute Gasteiger partial charge is 0.354 e. The van der Waals surface area contributed by atoms with E-state index in [1.165, 1.54) is 0 Å². The second kappa shape index (κ2) is 7.87. The van der Waals surface area contributed by atoms with E-state index in [1.54, 1.807) is 25.1 Å². The third kappa shape index (κ3) is 3.66. The van der Waals surface area contributed by atoms with Crippen LogP contribution in [0.2, 0.25) is 0 Å². The van der Waals surface area contributed by atoms with Gasteiger partial charge in [0.1, 0.15) is 6.04 Å². The smallest absolute Gasteiger partial charge is 0.177 e. The molecular weight excluding hydrogens is 268 g/mol. The van der Waals surface area contributed by atoms with Gasteiger partial charge in [-0.25, -0.2) is 4.68 Å². The highest BCUT2D eigenvalue weighted by Gasteiger charge is 2.26. The maximum Gasteiger partial charge on any atom is 0.177 e. The fourth-order valence-corrected chi connectivity index (χ4v) is 2.23. The molecule has 1 atom stereocenters. The summed E-state index contributed by atoms with van der Waals surface area (Å²) in [7, 11) is 3.26. The van der Waals surface area contributed by atoms with Crippen molar-refractivity contribution in [3.05, 3.63) is 42.2 Å². The lowest BCUT2D eigenvalue weighted by Gasteiger charge is -2.26. The summed E-state index contributed by atoms with van der Waals surface area (Å²) in [4.78, 5) is 0. The first-order chi connectivity index (χ1) is 10.3. The van der Waals surface area contributed by atoms with Gasteiger partial charge in [-0.3, -0.25) is 0 Å². The van der Waals surface area contributed by atoms with Crippen LogP contribution < -0.4 is 5.32 Å². The number of rotatable bonds is 8. The Kier molecular flexibility index (Phi) is 5.86. The lowest BCUT2D eigenvalue weighted by molar-refractivity contribution is -0.125. The Morgan fingerprint density at radius 1 is 1.19 bits per heavy atom. The Morgan fingerprint density at radius 3 is 2.52 bits per heavy atom. The normalized spacial score (nSPS) is 12.8. The van der Waals surface area contributed by atoms with Crippen LogP contribution in [0.15, 0.2) is 36.5 Å². The Balaban J connectivity index is 2.34. The van der Waals surface area contributed by atoms with E-state index in [0.717, 1.165) is 24.3 Å². The Bertz CT molecular complexity index is 525. The van der Waals surface area contributed by atoms with Gasteiger partial charge in [0.2, 0.25) is 0 Å². The van der Waals surface area contributed by atoms with Crippen molar-refractivity contribution < 1.29 is 9.47 Å². The number of hydrogen-bond acceptors (Lipinski definition) is 5. The molecule has 0 radical (unpaired) electrons. The van der Waals surface area contributed by atoms with Crippen molar-refractivity contribution in [2.24, 2.45) is 0 Å². The minimum absolute atomic E-state index is 0.143. The summed E-state index contributed by atoms with van der Waals surface area (Å²) >= 11 is 0. The van der Waals surface area contributed by atoms with Gasteiger partial charge in [-0.05, 0) is 25.1 Å².